The molecule has 0 radical (unpaired) electrons. The van der Waals surface area contributed by atoms with E-state index in [0.29, 0.717) is 24.9 Å². The Morgan fingerprint density at radius 2 is 1.85 bits per heavy atom. The van der Waals surface area contributed by atoms with Gasteiger partial charge in [0, 0.05) is 12.6 Å². The third kappa shape index (κ3) is 4.27. The van der Waals surface area contributed by atoms with Crippen molar-refractivity contribution in [2.75, 3.05) is 13.1 Å². The number of carbonyl (C=O) groups excluding carboxylic acids is 1. The van der Waals surface area contributed by atoms with Gasteiger partial charge in [0.1, 0.15) is 18.3 Å². The van der Waals surface area contributed by atoms with Crippen molar-refractivity contribution < 1.29 is 39.5 Å². The first-order chi connectivity index (χ1) is 15.8. The lowest BCUT2D eigenvalue weighted by atomic mass is 9.91. The maximum Gasteiger partial charge on any atom is 0.335 e. The molecule has 33 heavy (non-hydrogen) atoms. The molecule has 5 aliphatic rings. The summed E-state index contributed by atoms with van der Waals surface area (Å²) in [4.78, 5) is 27.1. The van der Waals surface area contributed by atoms with Crippen molar-refractivity contribution in [2.45, 2.75) is 93.8 Å². The van der Waals surface area contributed by atoms with Gasteiger partial charge in [0.05, 0.1) is 30.4 Å². The van der Waals surface area contributed by atoms with Gasteiger partial charge >= 0.3 is 5.97 Å². The minimum absolute atomic E-state index is 0.00933. The highest BCUT2D eigenvalue weighted by Crippen LogP contribution is 2.38. The minimum Gasteiger partial charge on any atom is -0.479 e. The number of hydrogen-bond acceptors (Lipinski definition) is 10. The molecule has 1 amide bonds. The lowest BCUT2D eigenvalue weighted by Gasteiger charge is -2.47. The van der Waals surface area contributed by atoms with Gasteiger partial charge < -0.3 is 35.2 Å². The molecule has 186 valence electrons. The number of carbonyl (C=O) groups is 2. The lowest BCUT2D eigenvalue weighted by molar-refractivity contribution is -0.306. The first kappa shape index (κ1) is 23.4. The fourth-order valence-electron chi connectivity index (χ4n) is 5.77. The Morgan fingerprint density at radius 1 is 1.09 bits per heavy atom. The molecule has 12 nitrogen and oxygen atoms in total. The van der Waals surface area contributed by atoms with Crippen LogP contribution in [0.1, 0.15) is 32.6 Å². The smallest absolute Gasteiger partial charge is 0.335 e. The summed E-state index contributed by atoms with van der Waals surface area (Å²) in [6.45, 7) is 3.44. The van der Waals surface area contributed by atoms with E-state index in [-0.39, 0.29) is 24.3 Å². The Morgan fingerprint density at radius 3 is 2.55 bits per heavy atom. The van der Waals surface area contributed by atoms with Crippen molar-refractivity contribution in [3.63, 3.8) is 0 Å². The van der Waals surface area contributed by atoms with Crippen molar-refractivity contribution in [2.24, 2.45) is 11.8 Å². The van der Waals surface area contributed by atoms with Crippen LogP contribution >= 0.6 is 0 Å². The Labute approximate surface area is 191 Å². The maximum absolute atomic E-state index is 13.3. The molecule has 1 saturated carbocycles. The normalized spacial score (nSPS) is 48.8. The number of carboxylic acids is 1. The van der Waals surface area contributed by atoms with E-state index in [4.69, 9.17) is 9.47 Å². The largest absolute Gasteiger partial charge is 0.479 e. The fraction of sp³-hybridized carbons (Fsp3) is 0.905. The molecular weight excluding hydrogens is 436 g/mol. The van der Waals surface area contributed by atoms with E-state index < -0.39 is 48.7 Å². The molecule has 12 heteroatoms. The van der Waals surface area contributed by atoms with Gasteiger partial charge in [0.15, 0.2) is 12.4 Å². The van der Waals surface area contributed by atoms with Crippen LogP contribution in [0, 0.1) is 11.8 Å². The van der Waals surface area contributed by atoms with Crippen LogP contribution in [0.3, 0.4) is 0 Å². The summed E-state index contributed by atoms with van der Waals surface area (Å²) in [7, 11) is 0. The number of rotatable bonds is 4. The number of piperidine rings is 2. The van der Waals surface area contributed by atoms with Crippen molar-refractivity contribution in [3.05, 3.63) is 0 Å². The Bertz CT molecular complexity index is 769. The first-order valence-corrected chi connectivity index (χ1v) is 11.9. The van der Waals surface area contributed by atoms with E-state index >= 15 is 0 Å². The standard InChI is InChI=1S/C21H34N4O8/c1-8-4-5-22-18-12(8)24-19(29)11-6-10(7-23-17(11)25(18)9-2-3-9)32-21-15(28)13(26)14(27)16(33-21)20(30)31/h8-18,21-23,26-28H,2-7H2,1H3,(H,24,29)(H,30,31)/t8?,10?,11?,12?,13-,14-,15+,16-,17?,18?,21+/m0/s1. The summed E-state index contributed by atoms with van der Waals surface area (Å²) in [6, 6.07) is 0.423. The molecule has 6 unspecified atom stereocenters. The topological polar surface area (TPSA) is 173 Å². The molecule has 4 heterocycles. The van der Waals surface area contributed by atoms with Crippen molar-refractivity contribution in [1.29, 1.82) is 0 Å². The van der Waals surface area contributed by atoms with Crippen LogP contribution in [-0.4, -0.2) is 112 Å². The summed E-state index contributed by atoms with van der Waals surface area (Å²) < 4.78 is 11.1. The maximum atomic E-state index is 13.3. The fourth-order valence-corrected chi connectivity index (χ4v) is 5.77. The number of aliphatic hydroxyl groups is 3. The van der Waals surface area contributed by atoms with E-state index in [1.54, 1.807) is 0 Å². The molecule has 4 aliphatic heterocycles. The molecule has 7 N–H and O–H groups in total. The van der Waals surface area contributed by atoms with Crippen molar-refractivity contribution >= 4 is 11.9 Å². The second-order valence-electron chi connectivity index (χ2n) is 10.1. The highest BCUT2D eigenvalue weighted by molar-refractivity contribution is 5.80. The Hall–Kier alpha value is -1.38. The second-order valence-corrected chi connectivity index (χ2v) is 10.1. The molecule has 0 aromatic carbocycles. The molecule has 0 aromatic rings. The van der Waals surface area contributed by atoms with E-state index in [0.717, 1.165) is 25.8 Å². The summed E-state index contributed by atoms with van der Waals surface area (Å²) in [5, 5.41) is 49.8. The summed E-state index contributed by atoms with van der Waals surface area (Å²) in [5.74, 6) is -1.58. The number of nitrogens with one attached hydrogen (secondary N) is 3. The van der Waals surface area contributed by atoms with Crippen LogP contribution in [0.5, 0.6) is 0 Å². The zero-order chi connectivity index (χ0) is 23.4. The zero-order valence-corrected chi connectivity index (χ0v) is 18.5. The summed E-state index contributed by atoms with van der Waals surface area (Å²) in [5.41, 5.74) is 0. The molecule has 4 saturated heterocycles. The second kappa shape index (κ2) is 9.00. The minimum atomic E-state index is -1.77. The average Bonchev–Trinajstić information content (AvgIpc) is 3.62. The summed E-state index contributed by atoms with van der Waals surface area (Å²) in [6.07, 6.45) is -5.41. The number of nitrogens with zero attached hydrogens (tertiary/aromatic N) is 1. The van der Waals surface area contributed by atoms with Gasteiger partial charge in [-0.2, -0.15) is 0 Å². The van der Waals surface area contributed by atoms with Gasteiger partial charge in [-0.25, -0.2) is 4.79 Å². The van der Waals surface area contributed by atoms with E-state index in [9.17, 15) is 30.0 Å². The number of amides is 1. The quantitative estimate of drug-likeness (QED) is 0.225. The summed E-state index contributed by atoms with van der Waals surface area (Å²) >= 11 is 0. The third-order valence-corrected chi connectivity index (χ3v) is 7.76. The molecular formula is C21H34N4O8. The van der Waals surface area contributed by atoms with E-state index in [2.05, 4.69) is 27.8 Å². The van der Waals surface area contributed by atoms with Gasteiger partial charge in [0.2, 0.25) is 5.91 Å². The first-order valence-electron chi connectivity index (χ1n) is 11.9. The van der Waals surface area contributed by atoms with Crippen LogP contribution in [0.15, 0.2) is 0 Å². The van der Waals surface area contributed by atoms with Crippen LogP contribution < -0.4 is 16.0 Å². The molecule has 5 fully saturated rings. The molecule has 0 bridgehead atoms. The Balaban J connectivity index is 1.32. The van der Waals surface area contributed by atoms with Crippen molar-refractivity contribution in [3.8, 4) is 0 Å². The average molecular weight is 471 g/mol. The predicted octanol–water partition coefficient (Wildman–Crippen LogP) is -2.88. The van der Waals surface area contributed by atoms with Gasteiger partial charge in [-0.15, -0.1) is 0 Å². The van der Waals surface area contributed by atoms with Gasteiger partial charge in [-0.3, -0.25) is 20.3 Å². The number of hydrogen-bond donors (Lipinski definition) is 7. The predicted molar refractivity (Wildman–Crippen MR) is 111 cm³/mol. The Kier molecular flexibility index (Phi) is 6.38. The SMILES string of the molecule is CC1CCNC2C1NC(=O)C1CC(O[C@@H]3O[C@H](C(=O)O)[C@@H](O)[C@H](O)[C@H]3O)CNC1N2C1CC1. The van der Waals surface area contributed by atoms with Gasteiger partial charge in [0.25, 0.3) is 0 Å². The monoisotopic (exact) mass is 470 g/mol. The van der Waals surface area contributed by atoms with Gasteiger partial charge in [-0.05, 0) is 38.1 Å². The highest BCUT2D eigenvalue weighted by Gasteiger charge is 2.53. The number of aliphatic carboxylic acids is 1. The zero-order valence-electron chi connectivity index (χ0n) is 18.5. The molecule has 11 atom stereocenters. The number of fused-ring (bicyclic) bond motifs is 2. The third-order valence-electron chi connectivity index (χ3n) is 7.76. The van der Waals surface area contributed by atoms with Crippen LogP contribution in [0.4, 0.5) is 0 Å². The van der Waals surface area contributed by atoms with E-state index in [1.807, 2.05) is 0 Å². The van der Waals surface area contributed by atoms with Crippen LogP contribution in [-0.2, 0) is 19.1 Å². The molecule has 1 aliphatic carbocycles. The lowest BCUT2D eigenvalue weighted by Crippen LogP contribution is -2.67. The number of aliphatic hydroxyl groups excluding tert-OH is 3. The molecule has 5 rings (SSSR count). The van der Waals surface area contributed by atoms with Gasteiger partial charge in [-0.1, -0.05) is 6.92 Å². The highest BCUT2D eigenvalue weighted by atomic mass is 16.7. The number of carboxylic acid groups (broad SMARTS) is 1. The van der Waals surface area contributed by atoms with E-state index in [1.165, 1.54) is 0 Å². The van der Waals surface area contributed by atoms with Crippen LogP contribution in [0.25, 0.3) is 0 Å². The van der Waals surface area contributed by atoms with Crippen LogP contribution in [0.2, 0.25) is 0 Å². The van der Waals surface area contributed by atoms with Crippen molar-refractivity contribution in [1.82, 2.24) is 20.9 Å². The molecule has 0 spiro atoms. The molecule has 0 aromatic heterocycles. The number of ether oxygens (including phenoxy) is 2.